The fourth-order valence-corrected chi connectivity index (χ4v) is 1.19. The fourth-order valence-electron chi connectivity index (χ4n) is 0.559. The van der Waals surface area contributed by atoms with E-state index in [1.807, 2.05) is 26.8 Å². The fraction of sp³-hybridized carbons (Fsp3) is 0.625. The van der Waals surface area contributed by atoms with Gasteiger partial charge in [0.2, 0.25) is 0 Å². The van der Waals surface area contributed by atoms with Gasteiger partial charge in [-0.1, -0.05) is 25.9 Å². The van der Waals surface area contributed by atoms with E-state index in [2.05, 4.69) is 12.1 Å². The molecule has 0 bridgehead atoms. The van der Waals surface area contributed by atoms with Gasteiger partial charge in [0.25, 0.3) is 0 Å². The SMILES string of the molecule is CC.CCSc1cc(C)on1. The molecule has 0 atom stereocenters. The van der Waals surface area contributed by atoms with Crippen LogP contribution in [-0.4, -0.2) is 10.9 Å². The predicted octanol–water partition coefficient (Wildman–Crippen LogP) is 3.12. The molecular formula is C8H15NOS. The minimum atomic E-state index is 0.881. The number of aryl methyl sites for hydroxylation is 1. The summed E-state index contributed by atoms with van der Waals surface area (Å²) in [5.41, 5.74) is 0. The van der Waals surface area contributed by atoms with Gasteiger partial charge in [0.05, 0.1) is 0 Å². The standard InChI is InChI=1S/C6H9NOS.C2H6/c1-3-9-6-4-5(2)8-7-6;1-2/h4H,3H2,1-2H3;1-2H3. The molecule has 1 aromatic rings. The van der Waals surface area contributed by atoms with Gasteiger partial charge in [-0.25, -0.2) is 0 Å². The molecule has 0 N–H and O–H groups in total. The molecule has 0 saturated heterocycles. The van der Waals surface area contributed by atoms with Crippen LogP contribution in [0.15, 0.2) is 15.6 Å². The summed E-state index contributed by atoms with van der Waals surface area (Å²) in [5, 5.41) is 4.77. The second-order valence-corrected chi connectivity index (χ2v) is 2.99. The Bertz CT molecular complexity index is 186. The average molecular weight is 173 g/mol. The number of aromatic nitrogens is 1. The van der Waals surface area contributed by atoms with Crippen molar-refractivity contribution in [2.24, 2.45) is 0 Å². The van der Waals surface area contributed by atoms with E-state index >= 15 is 0 Å². The van der Waals surface area contributed by atoms with Crippen LogP contribution in [0, 0.1) is 6.92 Å². The number of hydrogen-bond acceptors (Lipinski definition) is 3. The maximum absolute atomic E-state index is 4.85. The van der Waals surface area contributed by atoms with Gasteiger partial charge in [-0.05, 0) is 12.7 Å². The lowest BCUT2D eigenvalue weighted by Crippen LogP contribution is -1.67. The van der Waals surface area contributed by atoms with Crippen molar-refractivity contribution in [3.8, 4) is 0 Å². The van der Waals surface area contributed by atoms with Gasteiger partial charge < -0.3 is 4.52 Å². The first-order valence-electron chi connectivity index (χ1n) is 3.89. The van der Waals surface area contributed by atoms with Gasteiger partial charge in [0, 0.05) is 6.07 Å². The second-order valence-electron chi connectivity index (χ2n) is 1.71. The zero-order chi connectivity index (χ0) is 8.69. The highest BCUT2D eigenvalue weighted by molar-refractivity contribution is 7.99. The Kier molecular flexibility index (Phi) is 6.03. The molecule has 0 spiro atoms. The Morgan fingerprint density at radius 2 is 2.18 bits per heavy atom. The van der Waals surface area contributed by atoms with Gasteiger partial charge in [0.1, 0.15) is 10.8 Å². The highest BCUT2D eigenvalue weighted by Gasteiger charge is 1.96. The molecule has 0 amide bonds. The Hall–Kier alpha value is -0.440. The van der Waals surface area contributed by atoms with E-state index in [-0.39, 0.29) is 0 Å². The summed E-state index contributed by atoms with van der Waals surface area (Å²) in [6.07, 6.45) is 0. The van der Waals surface area contributed by atoms with E-state index in [9.17, 15) is 0 Å². The summed E-state index contributed by atoms with van der Waals surface area (Å²) < 4.78 is 4.85. The summed E-state index contributed by atoms with van der Waals surface area (Å²) in [7, 11) is 0. The van der Waals surface area contributed by atoms with Gasteiger partial charge in [0.15, 0.2) is 0 Å². The molecule has 1 rings (SSSR count). The smallest absolute Gasteiger partial charge is 0.139 e. The van der Waals surface area contributed by atoms with Crippen molar-refractivity contribution in [3.63, 3.8) is 0 Å². The van der Waals surface area contributed by atoms with Crippen molar-refractivity contribution in [2.45, 2.75) is 32.7 Å². The molecule has 3 heteroatoms. The number of hydrogen-bond donors (Lipinski definition) is 0. The van der Waals surface area contributed by atoms with Crippen LogP contribution in [0.4, 0.5) is 0 Å². The highest BCUT2D eigenvalue weighted by Crippen LogP contribution is 2.15. The van der Waals surface area contributed by atoms with E-state index in [4.69, 9.17) is 4.52 Å². The van der Waals surface area contributed by atoms with Crippen LogP contribution >= 0.6 is 11.8 Å². The summed E-state index contributed by atoms with van der Waals surface area (Å²) >= 11 is 1.69. The molecule has 0 aliphatic rings. The Balaban J connectivity index is 0.000000461. The highest BCUT2D eigenvalue weighted by atomic mass is 32.2. The molecule has 64 valence electrons. The van der Waals surface area contributed by atoms with E-state index < -0.39 is 0 Å². The first-order valence-corrected chi connectivity index (χ1v) is 4.87. The predicted molar refractivity (Wildman–Crippen MR) is 49.0 cm³/mol. The van der Waals surface area contributed by atoms with Crippen LogP contribution in [0.25, 0.3) is 0 Å². The molecule has 0 fully saturated rings. The third kappa shape index (κ3) is 4.09. The van der Waals surface area contributed by atoms with E-state index in [1.165, 1.54) is 0 Å². The maximum Gasteiger partial charge on any atom is 0.139 e. The van der Waals surface area contributed by atoms with Crippen molar-refractivity contribution in [1.82, 2.24) is 5.16 Å². The van der Waals surface area contributed by atoms with Crippen LogP contribution in [-0.2, 0) is 0 Å². The summed E-state index contributed by atoms with van der Waals surface area (Å²) in [4.78, 5) is 0. The minimum Gasteiger partial charge on any atom is -0.361 e. The van der Waals surface area contributed by atoms with Crippen LogP contribution in [0.2, 0.25) is 0 Å². The van der Waals surface area contributed by atoms with Crippen molar-refractivity contribution in [3.05, 3.63) is 11.8 Å². The van der Waals surface area contributed by atoms with Crippen LogP contribution in [0.5, 0.6) is 0 Å². The van der Waals surface area contributed by atoms with E-state index in [1.54, 1.807) is 11.8 Å². The maximum atomic E-state index is 4.85. The molecule has 0 aliphatic carbocycles. The third-order valence-electron chi connectivity index (χ3n) is 0.899. The first kappa shape index (κ1) is 10.6. The van der Waals surface area contributed by atoms with Gasteiger partial charge in [-0.15, -0.1) is 11.8 Å². The molecule has 0 saturated carbocycles. The van der Waals surface area contributed by atoms with Crippen molar-refractivity contribution >= 4 is 11.8 Å². The number of thioether (sulfide) groups is 1. The largest absolute Gasteiger partial charge is 0.361 e. The van der Waals surface area contributed by atoms with E-state index in [0.717, 1.165) is 16.5 Å². The molecule has 11 heavy (non-hydrogen) atoms. The van der Waals surface area contributed by atoms with Gasteiger partial charge >= 0.3 is 0 Å². The van der Waals surface area contributed by atoms with Crippen LogP contribution < -0.4 is 0 Å². The lowest BCUT2D eigenvalue weighted by molar-refractivity contribution is 0.383. The summed E-state index contributed by atoms with van der Waals surface area (Å²) in [6, 6.07) is 1.94. The minimum absolute atomic E-state index is 0.881. The molecule has 2 nitrogen and oxygen atoms in total. The quantitative estimate of drug-likeness (QED) is 0.643. The third-order valence-corrected chi connectivity index (χ3v) is 1.68. The van der Waals surface area contributed by atoms with Crippen molar-refractivity contribution in [1.29, 1.82) is 0 Å². The normalized spacial score (nSPS) is 8.73. The molecule has 0 aliphatic heterocycles. The monoisotopic (exact) mass is 173 g/mol. The molecule has 0 aromatic carbocycles. The first-order chi connectivity index (χ1) is 5.33. The zero-order valence-corrected chi connectivity index (χ0v) is 8.36. The Labute approximate surface area is 72.4 Å². The van der Waals surface area contributed by atoms with E-state index in [0.29, 0.717) is 0 Å². The summed E-state index contributed by atoms with van der Waals surface area (Å²) in [5.74, 6) is 1.93. The molecule has 1 heterocycles. The lowest BCUT2D eigenvalue weighted by Gasteiger charge is -1.83. The molecule has 1 aromatic heterocycles. The van der Waals surface area contributed by atoms with Crippen LogP contribution in [0.3, 0.4) is 0 Å². The molecular weight excluding hydrogens is 158 g/mol. The van der Waals surface area contributed by atoms with Crippen molar-refractivity contribution < 1.29 is 4.52 Å². The molecule has 0 radical (unpaired) electrons. The Morgan fingerprint density at radius 3 is 2.55 bits per heavy atom. The lowest BCUT2D eigenvalue weighted by atomic mass is 10.5. The topological polar surface area (TPSA) is 26.0 Å². The van der Waals surface area contributed by atoms with Gasteiger partial charge in [-0.2, -0.15) is 0 Å². The van der Waals surface area contributed by atoms with Crippen molar-refractivity contribution in [2.75, 3.05) is 5.75 Å². The summed E-state index contributed by atoms with van der Waals surface area (Å²) in [6.45, 7) is 7.99. The van der Waals surface area contributed by atoms with Crippen LogP contribution in [0.1, 0.15) is 26.5 Å². The number of rotatable bonds is 2. The second kappa shape index (κ2) is 6.28. The molecule has 0 unspecified atom stereocenters. The van der Waals surface area contributed by atoms with Gasteiger partial charge in [-0.3, -0.25) is 0 Å². The zero-order valence-electron chi connectivity index (χ0n) is 7.55. The Morgan fingerprint density at radius 1 is 1.55 bits per heavy atom. The average Bonchev–Trinajstić information content (AvgIpc) is 2.41. The number of nitrogens with zero attached hydrogens (tertiary/aromatic N) is 1.